The molecule has 0 radical (unpaired) electrons. The van der Waals surface area contributed by atoms with E-state index >= 15 is 0 Å². The van der Waals surface area contributed by atoms with Gasteiger partial charge in [-0.25, -0.2) is 4.98 Å². The average molecular weight is 320 g/mol. The van der Waals surface area contributed by atoms with Crippen LogP contribution in [0.4, 0.5) is 5.13 Å². The lowest BCUT2D eigenvalue weighted by Gasteiger charge is -2.48. The predicted octanol–water partition coefficient (Wildman–Crippen LogP) is 4.08. The zero-order valence-corrected chi connectivity index (χ0v) is 13.7. The smallest absolute Gasteiger partial charge is 0.186 e. The lowest BCUT2D eigenvalue weighted by atomic mass is 9.73. The molecular formula is C18H16N4S. The molecule has 0 spiro atoms. The third-order valence-electron chi connectivity index (χ3n) is 4.76. The van der Waals surface area contributed by atoms with E-state index < -0.39 is 0 Å². The topological polar surface area (TPSA) is 52.8 Å². The van der Waals surface area contributed by atoms with Gasteiger partial charge in [0, 0.05) is 13.2 Å². The molecule has 4 nitrogen and oxygen atoms in total. The zero-order valence-electron chi connectivity index (χ0n) is 12.9. The van der Waals surface area contributed by atoms with Crippen LogP contribution in [0.25, 0.3) is 10.2 Å². The van der Waals surface area contributed by atoms with Crippen molar-refractivity contribution in [1.29, 1.82) is 5.26 Å². The van der Waals surface area contributed by atoms with Gasteiger partial charge in [-0.15, -0.1) is 0 Å². The maximum Gasteiger partial charge on any atom is 0.186 e. The summed E-state index contributed by atoms with van der Waals surface area (Å²) in [5.41, 5.74) is 2.70. The summed E-state index contributed by atoms with van der Waals surface area (Å²) in [4.78, 5) is 11.6. The van der Waals surface area contributed by atoms with E-state index in [1.54, 1.807) is 11.3 Å². The molecule has 1 aliphatic rings. The molecule has 2 heterocycles. The third-order valence-corrected chi connectivity index (χ3v) is 5.85. The molecule has 0 N–H and O–H groups in total. The Balaban J connectivity index is 1.76. The number of benzene rings is 1. The van der Waals surface area contributed by atoms with Crippen molar-refractivity contribution in [2.45, 2.75) is 24.8 Å². The minimum absolute atomic E-state index is 0.0484. The van der Waals surface area contributed by atoms with Crippen LogP contribution in [0.5, 0.6) is 0 Å². The lowest BCUT2D eigenvalue weighted by molar-refractivity contribution is 0.234. The van der Waals surface area contributed by atoms with Gasteiger partial charge in [0.1, 0.15) is 0 Å². The van der Waals surface area contributed by atoms with Crippen molar-refractivity contribution in [2.24, 2.45) is 0 Å². The SMILES string of the molecule is CN(c1nc2ccc(C#N)cc2s1)C1(c2ccccn2)CCC1. The molecule has 0 atom stereocenters. The molecule has 5 heteroatoms. The second-order valence-corrected chi connectivity index (χ2v) is 6.96. The number of hydrogen-bond donors (Lipinski definition) is 0. The number of rotatable bonds is 3. The second kappa shape index (κ2) is 5.32. The summed E-state index contributed by atoms with van der Waals surface area (Å²) in [6, 6.07) is 14.0. The molecule has 1 saturated carbocycles. The Morgan fingerprint density at radius 1 is 1.26 bits per heavy atom. The third kappa shape index (κ3) is 2.18. The number of fused-ring (bicyclic) bond motifs is 1. The first-order chi connectivity index (χ1) is 11.2. The van der Waals surface area contributed by atoms with Gasteiger partial charge in [-0.2, -0.15) is 5.26 Å². The summed E-state index contributed by atoms with van der Waals surface area (Å²) in [6.07, 6.45) is 5.27. The highest BCUT2D eigenvalue weighted by Gasteiger charge is 2.44. The van der Waals surface area contributed by atoms with Gasteiger partial charge >= 0.3 is 0 Å². The summed E-state index contributed by atoms with van der Waals surface area (Å²) in [6.45, 7) is 0. The van der Waals surface area contributed by atoms with Gasteiger partial charge in [0.05, 0.1) is 33.1 Å². The van der Waals surface area contributed by atoms with Crippen LogP contribution in [-0.4, -0.2) is 17.0 Å². The molecule has 0 aliphatic heterocycles. The van der Waals surface area contributed by atoms with Crippen LogP contribution in [0, 0.1) is 11.3 Å². The molecule has 1 aliphatic carbocycles. The van der Waals surface area contributed by atoms with Gasteiger partial charge in [-0.1, -0.05) is 17.4 Å². The van der Waals surface area contributed by atoms with Crippen molar-refractivity contribution in [2.75, 3.05) is 11.9 Å². The van der Waals surface area contributed by atoms with Crippen LogP contribution in [-0.2, 0) is 5.54 Å². The van der Waals surface area contributed by atoms with Crippen molar-refractivity contribution < 1.29 is 0 Å². The first kappa shape index (κ1) is 14.2. The van der Waals surface area contributed by atoms with Gasteiger partial charge in [-0.3, -0.25) is 4.98 Å². The Labute approximate surface area is 139 Å². The molecule has 1 fully saturated rings. The maximum atomic E-state index is 9.05. The standard InChI is InChI=1S/C18H16N4S/c1-22(18(8-4-9-18)16-5-2-3-10-20-16)17-21-14-7-6-13(12-19)11-15(14)23-17/h2-3,5-7,10-11H,4,8-9H2,1H3. The number of pyridine rings is 1. The van der Waals surface area contributed by atoms with E-state index in [0.717, 1.165) is 33.9 Å². The lowest BCUT2D eigenvalue weighted by Crippen LogP contribution is -2.50. The zero-order chi connectivity index (χ0) is 15.9. The van der Waals surface area contributed by atoms with Crippen molar-refractivity contribution in [3.63, 3.8) is 0 Å². The Morgan fingerprint density at radius 3 is 2.78 bits per heavy atom. The minimum atomic E-state index is -0.0484. The fraction of sp³-hybridized carbons (Fsp3) is 0.278. The van der Waals surface area contributed by atoms with Crippen molar-refractivity contribution in [3.05, 3.63) is 53.9 Å². The van der Waals surface area contributed by atoms with E-state index in [-0.39, 0.29) is 5.54 Å². The van der Waals surface area contributed by atoms with Crippen LogP contribution in [0.2, 0.25) is 0 Å². The number of nitriles is 1. The largest absolute Gasteiger partial charge is 0.340 e. The molecule has 0 saturated heterocycles. The fourth-order valence-electron chi connectivity index (χ4n) is 3.22. The molecule has 114 valence electrons. The van der Waals surface area contributed by atoms with Gasteiger partial charge < -0.3 is 4.90 Å². The number of anilines is 1. The molecule has 0 unspecified atom stereocenters. The number of thiazole rings is 1. The van der Waals surface area contributed by atoms with Crippen LogP contribution in [0.15, 0.2) is 42.6 Å². The van der Waals surface area contributed by atoms with Gasteiger partial charge in [0.15, 0.2) is 5.13 Å². The monoisotopic (exact) mass is 320 g/mol. The maximum absolute atomic E-state index is 9.05. The minimum Gasteiger partial charge on any atom is -0.340 e. The number of nitrogens with zero attached hydrogens (tertiary/aromatic N) is 4. The fourth-order valence-corrected chi connectivity index (χ4v) is 4.28. The summed E-state index contributed by atoms with van der Waals surface area (Å²) in [5.74, 6) is 0. The van der Waals surface area contributed by atoms with Crippen LogP contribution < -0.4 is 4.90 Å². The van der Waals surface area contributed by atoms with E-state index in [0.29, 0.717) is 5.56 Å². The molecule has 1 aromatic carbocycles. The first-order valence-corrected chi connectivity index (χ1v) is 8.51. The van der Waals surface area contributed by atoms with E-state index in [4.69, 9.17) is 10.2 Å². The molecule has 4 rings (SSSR count). The van der Waals surface area contributed by atoms with Crippen molar-refractivity contribution in [1.82, 2.24) is 9.97 Å². The number of hydrogen-bond acceptors (Lipinski definition) is 5. The van der Waals surface area contributed by atoms with Crippen molar-refractivity contribution in [3.8, 4) is 6.07 Å². The molecule has 0 bridgehead atoms. The Kier molecular flexibility index (Phi) is 3.28. The first-order valence-electron chi connectivity index (χ1n) is 7.69. The van der Waals surface area contributed by atoms with Crippen LogP contribution in [0.1, 0.15) is 30.5 Å². The molecule has 3 aromatic rings. The molecule has 0 amide bonds. The summed E-state index contributed by atoms with van der Waals surface area (Å²) < 4.78 is 1.06. The van der Waals surface area contributed by atoms with Gasteiger partial charge in [-0.05, 0) is 49.6 Å². The highest BCUT2D eigenvalue weighted by atomic mass is 32.1. The molecule has 2 aromatic heterocycles. The quantitative estimate of drug-likeness (QED) is 0.729. The Bertz CT molecular complexity index is 890. The molecule has 23 heavy (non-hydrogen) atoms. The van der Waals surface area contributed by atoms with Crippen LogP contribution in [0.3, 0.4) is 0 Å². The van der Waals surface area contributed by atoms with Gasteiger partial charge in [0.25, 0.3) is 0 Å². The second-order valence-electron chi connectivity index (χ2n) is 5.95. The normalized spacial score (nSPS) is 15.8. The predicted molar refractivity (Wildman–Crippen MR) is 92.5 cm³/mol. The van der Waals surface area contributed by atoms with Gasteiger partial charge in [0.2, 0.25) is 0 Å². The van der Waals surface area contributed by atoms with Crippen LogP contribution >= 0.6 is 11.3 Å². The highest BCUT2D eigenvalue weighted by Crippen LogP contribution is 2.48. The van der Waals surface area contributed by atoms with E-state index in [9.17, 15) is 0 Å². The Hall–Kier alpha value is -2.45. The highest BCUT2D eigenvalue weighted by molar-refractivity contribution is 7.22. The Morgan fingerprint density at radius 2 is 2.13 bits per heavy atom. The van der Waals surface area contributed by atoms with E-state index in [1.165, 1.54) is 6.42 Å². The summed E-state index contributed by atoms with van der Waals surface area (Å²) >= 11 is 1.64. The summed E-state index contributed by atoms with van der Waals surface area (Å²) in [5, 5.41) is 10.0. The van der Waals surface area contributed by atoms with E-state index in [1.807, 2.05) is 36.5 Å². The van der Waals surface area contributed by atoms with Crippen molar-refractivity contribution >= 4 is 26.7 Å². The molecular weight excluding hydrogens is 304 g/mol. The average Bonchev–Trinajstić information content (AvgIpc) is 2.97. The van der Waals surface area contributed by atoms with E-state index in [2.05, 4.69) is 29.1 Å². The number of aromatic nitrogens is 2. The summed E-state index contributed by atoms with van der Waals surface area (Å²) in [7, 11) is 2.11.